The Morgan fingerprint density at radius 3 is 2.43 bits per heavy atom. The topological polar surface area (TPSA) is 12.0 Å². The summed E-state index contributed by atoms with van der Waals surface area (Å²) in [5.41, 5.74) is 1.01. The highest BCUT2D eigenvalue weighted by atomic mass is 19.2. The summed E-state index contributed by atoms with van der Waals surface area (Å²) in [6.45, 7) is 8.88. The Morgan fingerprint density at radius 2 is 1.76 bits per heavy atom. The van der Waals surface area contributed by atoms with E-state index < -0.39 is 11.6 Å². The lowest BCUT2D eigenvalue weighted by Gasteiger charge is -2.34. The molecule has 1 aromatic rings. The molecule has 2 atom stereocenters. The molecule has 0 aromatic heterocycles. The molecule has 2 unspecified atom stereocenters. The highest BCUT2D eigenvalue weighted by Gasteiger charge is 2.30. The van der Waals surface area contributed by atoms with E-state index >= 15 is 0 Å². The zero-order valence-corrected chi connectivity index (χ0v) is 13.6. The van der Waals surface area contributed by atoms with Crippen molar-refractivity contribution in [2.45, 2.75) is 64.8 Å². The molecule has 3 heteroatoms. The molecule has 1 aliphatic rings. The van der Waals surface area contributed by atoms with Gasteiger partial charge in [0.25, 0.3) is 0 Å². The second-order valence-corrected chi connectivity index (χ2v) is 7.38. The van der Waals surface area contributed by atoms with Gasteiger partial charge in [0.2, 0.25) is 0 Å². The quantitative estimate of drug-likeness (QED) is 0.833. The van der Waals surface area contributed by atoms with Crippen LogP contribution in [0.4, 0.5) is 8.78 Å². The Morgan fingerprint density at radius 1 is 1.10 bits per heavy atom. The Kier molecular flexibility index (Phi) is 5.03. The first kappa shape index (κ1) is 16.4. The molecule has 21 heavy (non-hydrogen) atoms. The number of aryl methyl sites for hydroxylation is 1. The zero-order chi connectivity index (χ0) is 15.6. The molecule has 0 aliphatic heterocycles. The van der Waals surface area contributed by atoms with Gasteiger partial charge in [-0.3, -0.25) is 0 Å². The van der Waals surface area contributed by atoms with Crippen LogP contribution in [0.25, 0.3) is 0 Å². The minimum atomic E-state index is -0.680. The molecule has 1 N–H and O–H groups in total. The minimum Gasteiger partial charge on any atom is -0.312 e. The van der Waals surface area contributed by atoms with Crippen molar-refractivity contribution in [2.75, 3.05) is 6.54 Å². The fourth-order valence-electron chi connectivity index (χ4n) is 3.25. The van der Waals surface area contributed by atoms with Gasteiger partial charge in [-0.2, -0.15) is 0 Å². The van der Waals surface area contributed by atoms with Gasteiger partial charge in [0.1, 0.15) is 0 Å². The van der Waals surface area contributed by atoms with E-state index in [1.165, 1.54) is 6.42 Å². The van der Waals surface area contributed by atoms with Gasteiger partial charge < -0.3 is 5.32 Å². The monoisotopic (exact) mass is 295 g/mol. The third-order valence-corrected chi connectivity index (χ3v) is 4.51. The molecule has 1 nitrogen and oxygen atoms in total. The molecule has 0 saturated heterocycles. The van der Waals surface area contributed by atoms with Gasteiger partial charge in [-0.15, -0.1) is 0 Å². The van der Waals surface area contributed by atoms with E-state index in [0.29, 0.717) is 17.0 Å². The Hall–Kier alpha value is -0.960. The van der Waals surface area contributed by atoms with Gasteiger partial charge in [0, 0.05) is 5.54 Å². The second kappa shape index (κ2) is 6.43. The van der Waals surface area contributed by atoms with Crippen LogP contribution in [-0.4, -0.2) is 12.1 Å². The molecule has 1 fully saturated rings. The van der Waals surface area contributed by atoms with Crippen molar-refractivity contribution < 1.29 is 8.78 Å². The summed E-state index contributed by atoms with van der Waals surface area (Å²) in [6, 6.07) is 3.49. The SMILES string of the molecule is Cc1ccc(C2CCCCC2CNC(C)(C)C)c(F)c1F. The maximum Gasteiger partial charge on any atom is 0.162 e. The second-order valence-electron chi connectivity index (χ2n) is 7.38. The van der Waals surface area contributed by atoms with Crippen molar-refractivity contribution in [3.63, 3.8) is 0 Å². The molecule has 1 aromatic carbocycles. The van der Waals surface area contributed by atoms with Gasteiger partial charge in [-0.05, 0) is 70.0 Å². The van der Waals surface area contributed by atoms with Crippen LogP contribution in [0.15, 0.2) is 12.1 Å². The van der Waals surface area contributed by atoms with E-state index in [9.17, 15) is 8.78 Å². The number of rotatable bonds is 3. The maximum atomic E-state index is 14.3. The molecule has 1 aliphatic carbocycles. The summed E-state index contributed by atoms with van der Waals surface area (Å²) < 4.78 is 28.2. The van der Waals surface area contributed by atoms with Gasteiger partial charge in [0.15, 0.2) is 11.6 Å². The van der Waals surface area contributed by atoms with Crippen LogP contribution in [-0.2, 0) is 0 Å². The average Bonchev–Trinajstić information content (AvgIpc) is 2.43. The first-order chi connectivity index (χ1) is 9.79. The van der Waals surface area contributed by atoms with Crippen LogP contribution in [0.1, 0.15) is 63.5 Å². The number of halogens is 2. The summed E-state index contributed by atoms with van der Waals surface area (Å²) >= 11 is 0. The molecule has 0 amide bonds. The maximum absolute atomic E-state index is 14.3. The van der Waals surface area contributed by atoms with Crippen molar-refractivity contribution >= 4 is 0 Å². The lowest BCUT2D eigenvalue weighted by molar-refractivity contribution is 0.264. The first-order valence-corrected chi connectivity index (χ1v) is 7.99. The predicted octanol–water partition coefficient (Wildman–Crippen LogP) is 4.94. The van der Waals surface area contributed by atoms with Crippen LogP contribution in [0.3, 0.4) is 0 Å². The molecule has 118 valence electrons. The van der Waals surface area contributed by atoms with E-state index in [-0.39, 0.29) is 11.5 Å². The molecular formula is C18H27F2N. The molecule has 1 saturated carbocycles. The highest BCUT2D eigenvalue weighted by molar-refractivity contribution is 5.29. The minimum absolute atomic E-state index is 0.0546. The van der Waals surface area contributed by atoms with Crippen molar-refractivity contribution in [2.24, 2.45) is 5.92 Å². The summed E-state index contributed by atoms with van der Waals surface area (Å²) in [5.74, 6) is -0.804. The van der Waals surface area contributed by atoms with Gasteiger partial charge in [-0.25, -0.2) is 8.78 Å². The lowest BCUT2D eigenvalue weighted by Crippen LogP contribution is -2.41. The smallest absolute Gasteiger partial charge is 0.162 e. The molecule has 0 radical (unpaired) electrons. The lowest BCUT2D eigenvalue weighted by atomic mass is 9.75. The Bertz CT molecular complexity index is 491. The summed E-state index contributed by atoms with van der Waals surface area (Å²) in [5, 5.41) is 3.52. The van der Waals surface area contributed by atoms with Crippen LogP contribution in [0.5, 0.6) is 0 Å². The van der Waals surface area contributed by atoms with E-state index in [0.717, 1.165) is 25.8 Å². The first-order valence-electron chi connectivity index (χ1n) is 7.99. The third kappa shape index (κ3) is 4.03. The Balaban J connectivity index is 2.21. The van der Waals surface area contributed by atoms with Crippen molar-refractivity contribution in [1.29, 1.82) is 0 Å². The summed E-state index contributed by atoms with van der Waals surface area (Å²) in [4.78, 5) is 0. The third-order valence-electron chi connectivity index (χ3n) is 4.51. The van der Waals surface area contributed by atoms with E-state index in [4.69, 9.17) is 0 Å². The fraction of sp³-hybridized carbons (Fsp3) is 0.667. The van der Waals surface area contributed by atoms with Gasteiger partial charge >= 0.3 is 0 Å². The molecule has 2 rings (SSSR count). The van der Waals surface area contributed by atoms with Crippen LogP contribution in [0, 0.1) is 24.5 Å². The molecule has 0 spiro atoms. The van der Waals surface area contributed by atoms with Crippen LogP contribution < -0.4 is 5.32 Å². The molecular weight excluding hydrogens is 268 g/mol. The van der Waals surface area contributed by atoms with Crippen LogP contribution in [0.2, 0.25) is 0 Å². The van der Waals surface area contributed by atoms with E-state index in [2.05, 4.69) is 26.1 Å². The number of hydrogen-bond acceptors (Lipinski definition) is 1. The largest absolute Gasteiger partial charge is 0.312 e. The average molecular weight is 295 g/mol. The molecule has 0 heterocycles. The van der Waals surface area contributed by atoms with Crippen molar-refractivity contribution in [3.8, 4) is 0 Å². The standard InChI is InChI=1S/C18H27F2N/c1-12-9-10-15(17(20)16(12)19)14-8-6-5-7-13(14)11-21-18(2,3)4/h9-10,13-14,21H,5-8,11H2,1-4H3. The normalized spacial score (nSPS) is 23.3. The number of benzene rings is 1. The van der Waals surface area contributed by atoms with E-state index in [1.54, 1.807) is 19.1 Å². The van der Waals surface area contributed by atoms with Crippen molar-refractivity contribution in [1.82, 2.24) is 5.32 Å². The summed E-state index contributed by atoms with van der Waals surface area (Å²) in [7, 11) is 0. The number of hydrogen-bond donors (Lipinski definition) is 1. The van der Waals surface area contributed by atoms with E-state index in [1.807, 2.05) is 0 Å². The van der Waals surface area contributed by atoms with Crippen LogP contribution >= 0.6 is 0 Å². The fourth-order valence-corrected chi connectivity index (χ4v) is 3.25. The highest BCUT2D eigenvalue weighted by Crippen LogP contribution is 2.39. The van der Waals surface area contributed by atoms with Gasteiger partial charge in [0.05, 0.1) is 0 Å². The van der Waals surface area contributed by atoms with Gasteiger partial charge in [-0.1, -0.05) is 25.0 Å². The molecule has 0 bridgehead atoms. The Labute approximate surface area is 127 Å². The predicted molar refractivity (Wildman–Crippen MR) is 83.5 cm³/mol. The van der Waals surface area contributed by atoms with Crippen molar-refractivity contribution in [3.05, 3.63) is 34.9 Å². The summed E-state index contributed by atoms with van der Waals surface area (Å²) in [6.07, 6.45) is 4.33. The zero-order valence-electron chi connectivity index (χ0n) is 13.6. The number of nitrogens with one attached hydrogen (secondary N) is 1.